The van der Waals surface area contributed by atoms with Crippen molar-refractivity contribution >= 4 is 22.7 Å². The standard InChI is InChI=1S/C16H16N6O/c1-19-15-13-12(7-17)14(18)22(16(13)21-9-20-15)10-23-8-11-5-3-2-4-6-11/h2-6,9H,8,10,18H2,1H3,(H,19,20,21). The van der Waals surface area contributed by atoms with Gasteiger partial charge in [-0.15, -0.1) is 0 Å². The van der Waals surface area contributed by atoms with Crippen LogP contribution in [-0.2, 0) is 18.1 Å². The van der Waals surface area contributed by atoms with E-state index in [-0.39, 0.29) is 6.73 Å². The normalized spacial score (nSPS) is 10.6. The van der Waals surface area contributed by atoms with E-state index < -0.39 is 0 Å². The Morgan fingerprint density at radius 3 is 2.78 bits per heavy atom. The van der Waals surface area contributed by atoms with E-state index in [2.05, 4.69) is 21.4 Å². The summed E-state index contributed by atoms with van der Waals surface area (Å²) in [6.07, 6.45) is 1.43. The molecule has 0 saturated heterocycles. The summed E-state index contributed by atoms with van der Waals surface area (Å²) >= 11 is 0. The van der Waals surface area contributed by atoms with Gasteiger partial charge in [0.2, 0.25) is 0 Å². The third-order valence-electron chi connectivity index (χ3n) is 3.56. The smallest absolute Gasteiger partial charge is 0.150 e. The predicted molar refractivity (Wildman–Crippen MR) is 87.4 cm³/mol. The first-order chi connectivity index (χ1) is 11.3. The molecular weight excluding hydrogens is 292 g/mol. The van der Waals surface area contributed by atoms with Gasteiger partial charge in [-0.05, 0) is 5.56 Å². The van der Waals surface area contributed by atoms with Gasteiger partial charge in [-0.25, -0.2) is 9.97 Å². The van der Waals surface area contributed by atoms with Crippen molar-refractivity contribution in [2.75, 3.05) is 18.1 Å². The highest BCUT2D eigenvalue weighted by molar-refractivity contribution is 5.97. The highest BCUT2D eigenvalue weighted by atomic mass is 16.5. The summed E-state index contributed by atoms with van der Waals surface area (Å²) in [5.74, 6) is 0.896. The van der Waals surface area contributed by atoms with Crippen molar-refractivity contribution in [2.45, 2.75) is 13.3 Å². The zero-order valence-corrected chi connectivity index (χ0v) is 12.7. The lowest BCUT2D eigenvalue weighted by atomic mass is 10.2. The molecule has 0 aliphatic carbocycles. The SMILES string of the molecule is CNc1ncnc2c1c(C#N)c(N)n2COCc1ccccc1. The summed E-state index contributed by atoms with van der Waals surface area (Å²) in [6.45, 7) is 0.658. The van der Waals surface area contributed by atoms with E-state index in [1.54, 1.807) is 11.6 Å². The highest BCUT2D eigenvalue weighted by Crippen LogP contribution is 2.30. The minimum Gasteiger partial charge on any atom is -0.384 e. The van der Waals surface area contributed by atoms with Gasteiger partial charge >= 0.3 is 0 Å². The molecule has 0 amide bonds. The average Bonchev–Trinajstić information content (AvgIpc) is 2.87. The van der Waals surface area contributed by atoms with E-state index in [9.17, 15) is 5.26 Å². The quantitative estimate of drug-likeness (QED) is 0.748. The van der Waals surface area contributed by atoms with Crippen molar-refractivity contribution in [3.05, 3.63) is 47.8 Å². The summed E-state index contributed by atoms with van der Waals surface area (Å²) in [5.41, 5.74) is 8.09. The van der Waals surface area contributed by atoms with Crippen LogP contribution in [0.15, 0.2) is 36.7 Å². The largest absolute Gasteiger partial charge is 0.384 e. The van der Waals surface area contributed by atoms with Crippen LogP contribution < -0.4 is 11.1 Å². The van der Waals surface area contributed by atoms with Crippen molar-refractivity contribution in [2.24, 2.45) is 0 Å². The molecule has 2 aromatic heterocycles. The Morgan fingerprint density at radius 2 is 2.09 bits per heavy atom. The monoisotopic (exact) mass is 308 g/mol. The number of benzene rings is 1. The first-order valence-electron chi connectivity index (χ1n) is 7.08. The van der Waals surface area contributed by atoms with Gasteiger partial charge in [-0.3, -0.25) is 4.57 Å². The molecule has 23 heavy (non-hydrogen) atoms. The van der Waals surface area contributed by atoms with Gasteiger partial charge in [0.05, 0.1) is 12.0 Å². The predicted octanol–water partition coefficient (Wildman–Crippen LogP) is 2.10. The molecule has 0 atom stereocenters. The van der Waals surface area contributed by atoms with Crippen LogP contribution in [-0.4, -0.2) is 21.6 Å². The van der Waals surface area contributed by atoms with Crippen LogP contribution in [0.3, 0.4) is 0 Å². The van der Waals surface area contributed by atoms with Crippen molar-refractivity contribution < 1.29 is 4.74 Å². The molecule has 3 rings (SSSR count). The zero-order valence-electron chi connectivity index (χ0n) is 12.7. The Hall–Kier alpha value is -3.11. The molecule has 0 bridgehead atoms. The number of nitrogens with two attached hydrogens (primary N) is 1. The van der Waals surface area contributed by atoms with Crippen LogP contribution in [0.25, 0.3) is 11.0 Å². The van der Waals surface area contributed by atoms with Crippen LogP contribution in [0.4, 0.5) is 11.6 Å². The Kier molecular flexibility index (Phi) is 4.08. The van der Waals surface area contributed by atoms with Gasteiger partial charge in [0.1, 0.15) is 42.0 Å². The van der Waals surface area contributed by atoms with Crippen molar-refractivity contribution in [1.82, 2.24) is 14.5 Å². The van der Waals surface area contributed by atoms with Gasteiger partial charge in [-0.1, -0.05) is 30.3 Å². The molecule has 1 aromatic carbocycles. The lowest BCUT2D eigenvalue weighted by molar-refractivity contribution is 0.0677. The number of anilines is 2. The van der Waals surface area contributed by atoms with Gasteiger partial charge in [0, 0.05) is 7.05 Å². The Labute approximate surface area is 133 Å². The van der Waals surface area contributed by atoms with Crippen LogP contribution >= 0.6 is 0 Å². The summed E-state index contributed by atoms with van der Waals surface area (Å²) < 4.78 is 7.40. The molecule has 3 N–H and O–H groups in total. The van der Waals surface area contributed by atoms with Crippen LogP contribution in [0.2, 0.25) is 0 Å². The van der Waals surface area contributed by atoms with Crippen molar-refractivity contribution in [3.63, 3.8) is 0 Å². The Morgan fingerprint density at radius 1 is 1.30 bits per heavy atom. The number of fused-ring (bicyclic) bond motifs is 1. The second-order valence-corrected chi connectivity index (χ2v) is 4.93. The molecule has 7 heteroatoms. The molecule has 116 valence electrons. The lowest BCUT2D eigenvalue weighted by Crippen LogP contribution is -2.07. The maximum absolute atomic E-state index is 9.39. The maximum atomic E-state index is 9.39. The fourth-order valence-corrected chi connectivity index (χ4v) is 2.45. The first-order valence-corrected chi connectivity index (χ1v) is 7.08. The molecule has 2 heterocycles. The fourth-order valence-electron chi connectivity index (χ4n) is 2.45. The van der Waals surface area contributed by atoms with E-state index in [0.717, 1.165) is 5.56 Å². The summed E-state index contributed by atoms with van der Waals surface area (Å²) in [6, 6.07) is 12.0. The number of nitrogens with zero attached hydrogens (tertiary/aromatic N) is 4. The molecule has 3 aromatic rings. The van der Waals surface area contributed by atoms with Crippen LogP contribution in [0.5, 0.6) is 0 Å². The number of aromatic nitrogens is 3. The van der Waals surface area contributed by atoms with Gasteiger partial charge in [-0.2, -0.15) is 5.26 Å². The van der Waals surface area contributed by atoms with E-state index in [1.807, 2.05) is 30.3 Å². The molecule has 0 aliphatic heterocycles. The number of nitriles is 1. The minimum absolute atomic E-state index is 0.207. The average molecular weight is 308 g/mol. The van der Waals surface area contributed by atoms with Gasteiger partial charge in [0.15, 0.2) is 0 Å². The molecule has 0 unspecified atom stereocenters. The fraction of sp³-hybridized carbons (Fsp3) is 0.188. The van der Waals surface area contributed by atoms with E-state index in [4.69, 9.17) is 10.5 Å². The van der Waals surface area contributed by atoms with Crippen molar-refractivity contribution in [1.29, 1.82) is 5.26 Å². The zero-order chi connectivity index (χ0) is 16.2. The number of nitrogens with one attached hydrogen (secondary N) is 1. The number of hydrogen-bond acceptors (Lipinski definition) is 6. The molecule has 0 fully saturated rings. The number of rotatable bonds is 5. The first kappa shape index (κ1) is 14.8. The molecule has 0 spiro atoms. The Balaban J connectivity index is 1.92. The van der Waals surface area contributed by atoms with Gasteiger partial charge in [0.25, 0.3) is 0 Å². The summed E-state index contributed by atoms with van der Waals surface area (Å²) in [4.78, 5) is 8.38. The summed E-state index contributed by atoms with van der Waals surface area (Å²) in [7, 11) is 1.74. The highest BCUT2D eigenvalue weighted by Gasteiger charge is 2.19. The second-order valence-electron chi connectivity index (χ2n) is 4.93. The number of ether oxygens (including phenoxy) is 1. The molecule has 0 saturated carbocycles. The maximum Gasteiger partial charge on any atom is 0.150 e. The van der Waals surface area contributed by atoms with E-state index >= 15 is 0 Å². The van der Waals surface area contributed by atoms with Gasteiger partial charge < -0.3 is 15.8 Å². The third-order valence-corrected chi connectivity index (χ3v) is 3.56. The molecule has 0 aliphatic rings. The summed E-state index contributed by atoms with van der Waals surface area (Å²) in [5, 5.41) is 13.0. The topological polar surface area (TPSA) is 102 Å². The van der Waals surface area contributed by atoms with E-state index in [0.29, 0.717) is 34.8 Å². The minimum atomic E-state index is 0.207. The molecular formula is C16H16N6O. The van der Waals surface area contributed by atoms with Crippen LogP contribution in [0.1, 0.15) is 11.1 Å². The second kappa shape index (κ2) is 6.34. The van der Waals surface area contributed by atoms with E-state index in [1.165, 1.54) is 6.33 Å². The van der Waals surface area contributed by atoms with Crippen molar-refractivity contribution in [3.8, 4) is 6.07 Å². The Bertz CT molecular complexity index is 866. The third kappa shape index (κ3) is 2.67. The number of hydrogen-bond donors (Lipinski definition) is 2. The molecule has 0 radical (unpaired) electrons. The lowest BCUT2D eigenvalue weighted by Gasteiger charge is -2.08. The van der Waals surface area contributed by atoms with Crippen LogP contribution in [0, 0.1) is 11.3 Å². The number of nitrogen functional groups attached to an aromatic ring is 1. The molecule has 7 nitrogen and oxygen atoms in total.